The molecule has 0 aromatic carbocycles. The number of carbonyl (C=O) groups excluding carboxylic acids is 1. The Morgan fingerprint density at radius 2 is 2.50 bits per heavy atom. The van der Waals surface area contributed by atoms with Crippen LogP contribution < -0.4 is 0 Å². The highest BCUT2D eigenvalue weighted by atomic mass is 79.9. The zero-order valence-corrected chi connectivity index (χ0v) is 8.09. The smallest absolute Gasteiger partial charge is 0.125 e. The fourth-order valence-electron chi connectivity index (χ4n) is 0.574. The highest BCUT2D eigenvalue weighted by molar-refractivity contribution is 9.11. The maximum atomic E-state index is 10.0. The molecule has 0 amide bonds. The minimum Gasteiger partial charge on any atom is -0.303 e. The van der Waals surface area contributed by atoms with Crippen LogP contribution in [0.25, 0.3) is 0 Å². The summed E-state index contributed by atoms with van der Waals surface area (Å²) in [5.41, 5.74) is 0. The van der Waals surface area contributed by atoms with E-state index in [9.17, 15) is 4.79 Å². The monoisotopic (exact) mass is 238 g/mol. The molecule has 0 radical (unpaired) electrons. The fraction of sp³-hybridized carbons (Fsp3) is 0.167. The number of rotatable bonds is 2. The average molecular weight is 240 g/mol. The quantitative estimate of drug-likeness (QED) is 0.725. The first-order valence-corrected chi connectivity index (χ1v) is 4.60. The molecule has 0 aliphatic rings. The lowest BCUT2D eigenvalue weighted by Crippen LogP contribution is -1.76. The van der Waals surface area contributed by atoms with Gasteiger partial charge in [-0.15, -0.1) is 11.3 Å². The Labute approximate surface area is 76.1 Å². The summed E-state index contributed by atoms with van der Waals surface area (Å²) < 4.78 is 0.894. The van der Waals surface area contributed by atoms with Gasteiger partial charge in [-0.2, -0.15) is 0 Å². The number of aldehydes is 1. The second-order valence-corrected chi connectivity index (χ2v) is 4.57. The summed E-state index contributed by atoms with van der Waals surface area (Å²) in [5, 5.41) is 0.682. The lowest BCUT2D eigenvalue weighted by Gasteiger charge is -1.79. The van der Waals surface area contributed by atoms with Gasteiger partial charge in [0, 0.05) is 11.3 Å². The van der Waals surface area contributed by atoms with E-state index in [0.717, 1.165) is 14.9 Å². The van der Waals surface area contributed by atoms with Crippen molar-refractivity contribution in [3.05, 3.63) is 19.8 Å². The van der Waals surface area contributed by atoms with Crippen molar-refractivity contribution in [1.82, 2.24) is 0 Å². The Bertz CT molecular complexity index is 226. The number of carbonyl (C=O) groups is 1. The lowest BCUT2D eigenvalue weighted by molar-refractivity contribution is -0.107. The number of hydrogen-bond acceptors (Lipinski definition) is 2. The summed E-state index contributed by atoms with van der Waals surface area (Å²) in [7, 11) is 0. The predicted molar refractivity (Wildman–Crippen MR) is 46.8 cm³/mol. The molecule has 0 saturated carbocycles. The summed E-state index contributed by atoms with van der Waals surface area (Å²) >= 11 is 10.5. The van der Waals surface area contributed by atoms with Gasteiger partial charge in [0.05, 0.1) is 8.81 Å². The third-order valence-corrected chi connectivity index (χ3v) is 3.48. The van der Waals surface area contributed by atoms with E-state index < -0.39 is 0 Å². The van der Waals surface area contributed by atoms with Crippen molar-refractivity contribution in [2.75, 3.05) is 0 Å². The molecule has 10 heavy (non-hydrogen) atoms. The number of halogens is 2. The van der Waals surface area contributed by atoms with Crippen molar-refractivity contribution in [2.45, 2.75) is 6.42 Å². The summed E-state index contributed by atoms with van der Waals surface area (Å²) in [6.07, 6.45) is 1.32. The molecule has 1 aromatic heterocycles. The van der Waals surface area contributed by atoms with Gasteiger partial charge in [-0.1, -0.05) is 11.6 Å². The molecule has 0 fully saturated rings. The third-order valence-electron chi connectivity index (χ3n) is 0.981. The molecule has 0 aliphatic heterocycles. The molecular weight excluding hydrogens is 235 g/mol. The normalized spacial score (nSPS) is 9.80. The molecule has 0 aliphatic carbocycles. The minimum atomic E-state index is 0.454. The van der Waals surface area contributed by atoms with Crippen LogP contribution in [0.3, 0.4) is 0 Å². The molecule has 0 atom stereocenters. The van der Waals surface area contributed by atoms with Crippen LogP contribution in [0.4, 0.5) is 0 Å². The van der Waals surface area contributed by atoms with Gasteiger partial charge in [-0.3, -0.25) is 0 Å². The first-order valence-electron chi connectivity index (χ1n) is 2.61. The van der Waals surface area contributed by atoms with Gasteiger partial charge in [-0.05, 0) is 22.0 Å². The summed E-state index contributed by atoms with van der Waals surface area (Å²) in [4.78, 5) is 11.0. The fourth-order valence-corrected chi connectivity index (χ4v) is 2.34. The van der Waals surface area contributed by atoms with Crippen LogP contribution in [0.5, 0.6) is 0 Å². The molecule has 0 saturated heterocycles. The standard InChI is InChI=1S/C6H4BrClOS/c7-6-5(8)3-4(10-6)1-2-9/h2-3H,1H2. The van der Waals surface area contributed by atoms with E-state index in [0.29, 0.717) is 11.4 Å². The Morgan fingerprint density at radius 3 is 2.90 bits per heavy atom. The van der Waals surface area contributed by atoms with Gasteiger partial charge in [0.15, 0.2) is 0 Å². The highest BCUT2D eigenvalue weighted by Crippen LogP contribution is 2.31. The van der Waals surface area contributed by atoms with Crippen LogP contribution >= 0.6 is 38.9 Å². The second kappa shape index (κ2) is 3.51. The minimum absolute atomic E-state index is 0.454. The van der Waals surface area contributed by atoms with E-state index in [4.69, 9.17) is 11.6 Å². The maximum Gasteiger partial charge on any atom is 0.125 e. The molecule has 0 bridgehead atoms. The molecular formula is C6H4BrClOS. The van der Waals surface area contributed by atoms with Crippen molar-refractivity contribution >= 4 is 45.2 Å². The Hall–Kier alpha value is 0.140. The Balaban J connectivity index is 2.86. The van der Waals surface area contributed by atoms with Crippen molar-refractivity contribution in [3.63, 3.8) is 0 Å². The van der Waals surface area contributed by atoms with E-state index in [-0.39, 0.29) is 0 Å². The van der Waals surface area contributed by atoms with Crippen LogP contribution in [0.2, 0.25) is 5.02 Å². The van der Waals surface area contributed by atoms with Crippen molar-refractivity contribution in [1.29, 1.82) is 0 Å². The molecule has 0 spiro atoms. The van der Waals surface area contributed by atoms with Gasteiger partial charge in [0.25, 0.3) is 0 Å². The predicted octanol–water partition coefficient (Wildman–Crippen LogP) is 2.91. The molecule has 4 heteroatoms. The molecule has 0 N–H and O–H groups in total. The lowest BCUT2D eigenvalue weighted by atomic mass is 10.4. The van der Waals surface area contributed by atoms with Crippen LogP contribution in [0, 0.1) is 0 Å². The Morgan fingerprint density at radius 1 is 1.80 bits per heavy atom. The molecule has 1 aromatic rings. The topological polar surface area (TPSA) is 17.1 Å². The van der Waals surface area contributed by atoms with E-state index in [2.05, 4.69) is 15.9 Å². The van der Waals surface area contributed by atoms with Gasteiger partial charge < -0.3 is 4.79 Å². The summed E-state index contributed by atoms with van der Waals surface area (Å²) in [6, 6.07) is 1.80. The van der Waals surface area contributed by atoms with Gasteiger partial charge in [-0.25, -0.2) is 0 Å². The zero-order chi connectivity index (χ0) is 7.56. The van der Waals surface area contributed by atoms with Crippen LogP contribution in [-0.4, -0.2) is 6.29 Å². The molecule has 0 unspecified atom stereocenters. The number of thiophene rings is 1. The number of hydrogen-bond donors (Lipinski definition) is 0. The maximum absolute atomic E-state index is 10.0. The van der Waals surface area contributed by atoms with Crippen LogP contribution in [0.15, 0.2) is 9.85 Å². The van der Waals surface area contributed by atoms with E-state index >= 15 is 0 Å². The Kier molecular flexibility index (Phi) is 2.89. The molecule has 1 nitrogen and oxygen atoms in total. The largest absolute Gasteiger partial charge is 0.303 e. The molecule has 1 rings (SSSR count). The summed E-state index contributed by atoms with van der Waals surface area (Å²) in [6.45, 7) is 0. The van der Waals surface area contributed by atoms with E-state index in [1.165, 1.54) is 11.3 Å². The van der Waals surface area contributed by atoms with E-state index in [1.54, 1.807) is 6.07 Å². The van der Waals surface area contributed by atoms with Crippen LogP contribution in [0.1, 0.15) is 4.88 Å². The van der Waals surface area contributed by atoms with Gasteiger partial charge >= 0.3 is 0 Å². The van der Waals surface area contributed by atoms with Gasteiger partial charge in [0.2, 0.25) is 0 Å². The molecule has 1 heterocycles. The average Bonchev–Trinajstić information content (AvgIpc) is 2.14. The van der Waals surface area contributed by atoms with Crippen molar-refractivity contribution in [3.8, 4) is 0 Å². The van der Waals surface area contributed by atoms with Crippen molar-refractivity contribution < 1.29 is 4.79 Å². The SMILES string of the molecule is O=CCc1cc(Cl)c(Br)s1. The van der Waals surface area contributed by atoms with Crippen LogP contribution in [-0.2, 0) is 11.2 Å². The van der Waals surface area contributed by atoms with E-state index in [1.807, 2.05) is 0 Å². The second-order valence-electron chi connectivity index (χ2n) is 1.71. The zero-order valence-electron chi connectivity index (χ0n) is 4.93. The highest BCUT2D eigenvalue weighted by Gasteiger charge is 2.02. The van der Waals surface area contributed by atoms with Crippen molar-refractivity contribution in [2.24, 2.45) is 0 Å². The van der Waals surface area contributed by atoms with Gasteiger partial charge in [0.1, 0.15) is 6.29 Å². The first kappa shape index (κ1) is 8.24. The molecule has 54 valence electrons. The first-order chi connectivity index (χ1) is 4.74. The third kappa shape index (κ3) is 1.81. The summed E-state index contributed by atoms with van der Waals surface area (Å²) in [5.74, 6) is 0.